The second-order valence-electron chi connectivity index (χ2n) is 6.29. The number of likely N-dealkylation sites (tertiary alicyclic amines) is 1. The molecule has 2 saturated heterocycles. The highest BCUT2D eigenvalue weighted by molar-refractivity contribution is 5.17. The normalized spacial score (nSPS) is 29.4. The van der Waals surface area contributed by atoms with Gasteiger partial charge in [0, 0.05) is 19.1 Å². The van der Waals surface area contributed by atoms with Gasteiger partial charge in [0.1, 0.15) is 0 Å². The Morgan fingerprint density at radius 2 is 2.05 bits per heavy atom. The van der Waals surface area contributed by atoms with Crippen LogP contribution in [0.15, 0.2) is 30.3 Å². The number of aliphatic hydroxyl groups excluding tert-OH is 1. The monoisotopic (exact) mass is 274 g/mol. The number of nitrogens with zero attached hydrogens (tertiary/aromatic N) is 1. The molecule has 2 N–H and O–H groups in total. The van der Waals surface area contributed by atoms with E-state index in [-0.39, 0.29) is 6.10 Å². The van der Waals surface area contributed by atoms with E-state index in [1.807, 2.05) is 30.3 Å². The van der Waals surface area contributed by atoms with Crippen LogP contribution in [0, 0.1) is 5.92 Å². The molecule has 3 nitrogen and oxygen atoms in total. The lowest BCUT2D eigenvalue weighted by molar-refractivity contribution is 0.0771. The third kappa shape index (κ3) is 3.40. The average Bonchev–Trinajstić information content (AvgIpc) is 3.03. The molecule has 110 valence electrons. The van der Waals surface area contributed by atoms with Crippen molar-refractivity contribution in [2.45, 2.75) is 37.8 Å². The van der Waals surface area contributed by atoms with Gasteiger partial charge in [0.25, 0.3) is 0 Å². The SMILES string of the molecule is OC(CN1CCCC(C2CCCN2)C1)c1ccccc1. The predicted octanol–water partition coefficient (Wildman–Crippen LogP) is 2.18. The van der Waals surface area contributed by atoms with Crippen molar-refractivity contribution in [3.05, 3.63) is 35.9 Å². The van der Waals surface area contributed by atoms with Crippen molar-refractivity contribution in [2.24, 2.45) is 5.92 Å². The molecule has 0 amide bonds. The van der Waals surface area contributed by atoms with Crippen LogP contribution < -0.4 is 5.32 Å². The number of aliphatic hydroxyl groups is 1. The Bertz CT molecular complexity index is 403. The van der Waals surface area contributed by atoms with Crippen LogP contribution in [-0.4, -0.2) is 42.2 Å². The highest BCUT2D eigenvalue weighted by Crippen LogP contribution is 2.26. The number of β-amino-alcohol motifs (C(OH)–C–C–N with tert-alkyl or cyclic N) is 1. The standard InChI is InChI=1S/C17H26N2O/c20-17(14-6-2-1-3-7-14)13-19-11-5-8-15(12-19)16-9-4-10-18-16/h1-3,6-7,15-18,20H,4-5,8-13H2. The van der Waals surface area contributed by atoms with E-state index >= 15 is 0 Å². The average molecular weight is 274 g/mol. The van der Waals surface area contributed by atoms with Crippen LogP contribution >= 0.6 is 0 Å². The quantitative estimate of drug-likeness (QED) is 0.883. The zero-order chi connectivity index (χ0) is 13.8. The minimum Gasteiger partial charge on any atom is -0.387 e. The molecule has 1 aromatic carbocycles. The topological polar surface area (TPSA) is 35.5 Å². The third-order valence-corrected chi connectivity index (χ3v) is 4.82. The highest BCUT2D eigenvalue weighted by atomic mass is 16.3. The second kappa shape index (κ2) is 6.70. The highest BCUT2D eigenvalue weighted by Gasteiger charge is 2.29. The summed E-state index contributed by atoms with van der Waals surface area (Å²) in [6.07, 6.45) is 4.92. The molecule has 0 spiro atoms. The Labute approximate surface area is 122 Å². The van der Waals surface area contributed by atoms with E-state index in [2.05, 4.69) is 10.2 Å². The fourth-order valence-corrected chi connectivity index (χ4v) is 3.72. The number of hydrogen-bond acceptors (Lipinski definition) is 3. The summed E-state index contributed by atoms with van der Waals surface area (Å²) in [4.78, 5) is 2.45. The van der Waals surface area contributed by atoms with Gasteiger partial charge in [-0.05, 0) is 50.3 Å². The number of rotatable bonds is 4. The molecule has 0 aromatic heterocycles. The maximum atomic E-state index is 10.4. The van der Waals surface area contributed by atoms with Crippen molar-refractivity contribution in [2.75, 3.05) is 26.2 Å². The van der Waals surface area contributed by atoms with Gasteiger partial charge >= 0.3 is 0 Å². The molecule has 2 fully saturated rings. The van der Waals surface area contributed by atoms with Gasteiger partial charge in [-0.3, -0.25) is 0 Å². The van der Waals surface area contributed by atoms with Crippen molar-refractivity contribution in [3.63, 3.8) is 0 Å². The molecule has 3 atom stereocenters. The van der Waals surface area contributed by atoms with Crippen molar-refractivity contribution in [3.8, 4) is 0 Å². The van der Waals surface area contributed by atoms with E-state index in [1.54, 1.807) is 0 Å². The summed E-state index contributed by atoms with van der Waals surface area (Å²) in [5.74, 6) is 0.772. The first kappa shape index (κ1) is 14.1. The molecule has 0 aliphatic carbocycles. The van der Waals surface area contributed by atoms with E-state index in [0.29, 0.717) is 6.04 Å². The molecule has 0 saturated carbocycles. The molecule has 3 heteroatoms. The predicted molar refractivity (Wildman–Crippen MR) is 81.6 cm³/mol. The Balaban J connectivity index is 1.54. The minimum absolute atomic E-state index is 0.355. The van der Waals surface area contributed by atoms with Gasteiger partial charge in [-0.2, -0.15) is 0 Å². The molecule has 3 unspecified atom stereocenters. The molecule has 20 heavy (non-hydrogen) atoms. The summed E-state index contributed by atoms with van der Waals surface area (Å²) in [6.45, 7) is 4.23. The maximum Gasteiger partial charge on any atom is 0.0916 e. The fraction of sp³-hybridized carbons (Fsp3) is 0.647. The van der Waals surface area contributed by atoms with E-state index in [4.69, 9.17) is 0 Å². The Morgan fingerprint density at radius 3 is 2.80 bits per heavy atom. The van der Waals surface area contributed by atoms with Crippen LogP contribution in [0.5, 0.6) is 0 Å². The number of benzene rings is 1. The van der Waals surface area contributed by atoms with Gasteiger partial charge in [0.2, 0.25) is 0 Å². The van der Waals surface area contributed by atoms with Gasteiger partial charge in [-0.1, -0.05) is 30.3 Å². The summed E-state index contributed by atoms with van der Waals surface area (Å²) < 4.78 is 0. The smallest absolute Gasteiger partial charge is 0.0916 e. The van der Waals surface area contributed by atoms with Crippen LogP contribution in [0.4, 0.5) is 0 Å². The van der Waals surface area contributed by atoms with E-state index < -0.39 is 0 Å². The van der Waals surface area contributed by atoms with Gasteiger partial charge in [-0.15, -0.1) is 0 Å². The van der Waals surface area contributed by atoms with Crippen LogP contribution in [-0.2, 0) is 0 Å². The zero-order valence-electron chi connectivity index (χ0n) is 12.2. The largest absolute Gasteiger partial charge is 0.387 e. The summed E-state index contributed by atoms with van der Waals surface area (Å²) >= 11 is 0. The minimum atomic E-state index is -0.355. The van der Waals surface area contributed by atoms with E-state index in [1.165, 1.54) is 32.2 Å². The lowest BCUT2D eigenvalue weighted by atomic mass is 9.89. The molecular formula is C17H26N2O. The first-order valence-electron chi connectivity index (χ1n) is 8.01. The van der Waals surface area contributed by atoms with Crippen LogP contribution in [0.3, 0.4) is 0 Å². The molecule has 0 radical (unpaired) electrons. The van der Waals surface area contributed by atoms with Gasteiger partial charge in [0.15, 0.2) is 0 Å². The molecule has 3 rings (SSSR count). The van der Waals surface area contributed by atoms with Gasteiger partial charge in [-0.25, -0.2) is 0 Å². The van der Waals surface area contributed by atoms with Crippen molar-refractivity contribution < 1.29 is 5.11 Å². The van der Waals surface area contributed by atoms with E-state index in [9.17, 15) is 5.11 Å². The van der Waals surface area contributed by atoms with Crippen LogP contribution in [0.1, 0.15) is 37.4 Å². The Morgan fingerprint density at radius 1 is 1.20 bits per heavy atom. The molecular weight excluding hydrogens is 248 g/mol. The lowest BCUT2D eigenvalue weighted by Crippen LogP contribution is -2.44. The lowest BCUT2D eigenvalue weighted by Gasteiger charge is -2.36. The molecule has 2 aliphatic heterocycles. The maximum absolute atomic E-state index is 10.4. The number of nitrogens with one attached hydrogen (secondary N) is 1. The van der Waals surface area contributed by atoms with Gasteiger partial charge < -0.3 is 15.3 Å². The van der Waals surface area contributed by atoms with Crippen molar-refractivity contribution in [1.29, 1.82) is 0 Å². The van der Waals surface area contributed by atoms with Crippen molar-refractivity contribution in [1.82, 2.24) is 10.2 Å². The van der Waals surface area contributed by atoms with Crippen molar-refractivity contribution >= 4 is 0 Å². The number of hydrogen-bond donors (Lipinski definition) is 2. The second-order valence-corrected chi connectivity index (χ2v) is 6.29. The Kier molecular flexibility index (Phi) is 4.71. The summed E-state index contributed by atoms with van der Waals surface area (Å²) in [5, 5.41) is 14.0. The molecule has 1 aromatic rings. The summed E-state index contributed by atoms with van der Waals surface area (Å²) in [7, 11) is 0. The fourth-order valence-electron chi connectivity index (χ4n) is 3.72. The summed E-state index contributed by atoms with van der Waals surface area (Å²) in [5.41, 5.74) is 1.04. The molecule has 2 aliphatic rings. The molecule has 2 heterocycles. The van der Waals surface area contributed by atoms with Crippen LogP contribution in [0.2, 0.25) is 0 Å². The van der Waals surface area contributed by atoms with Gasteiger partial charge in [0.05, 0.1) is 6.10 Å². The first-order chi connectivity index (χ1) is 9.83. The van der Waals surface area contributed by atoms with E-state index in [0.717, 1.165) is 31.1 Å². The number of piperidine rings is 1. The Hall–Kier alpha value is -0.900. The first-order valence-corrected chi connectivity index (χ1v) is 8.01. The van der Waals surface area contributed by atoms with Crippen LogP contribution in [0.25, 0.3) is 0 Å². The molecule has 0 bridgehead atoms. The zero-order valence-corrected chi connectivity index (χ0v) is 12.2. The third-order valence-electron chi connectivity index (χ3n) is 4.82. The summed E-state index contributed by atoms with van der Waals surface area (Å²) in [6, 6.07) is 10.8.